The number of phenolic OH excluding ortho intramolecular Hbond substituents is 1. The van der Waals surface area contributed by atoms with Crippen LogP contribution in [0.5, 0.6) is 11.5 Å². The van der Waals surface area contributed by atoms with Crippen LogP contribution in [-0.4, -0.2) is 195 Å². The van der Waals surface area contributed by atoms with E-state index in [4.69, 9.17) is 15.0 Å². The molecule has 0 bridgehead atoms. The molecule has 10 heterocycles. The van der Waals surface area contributed by atoms with Gasteiger partial charge in [0.2, 0.25) is 47.1 Å². The van der Waals surface area contributed by atoms with Crippen molar-refractivity contribution in [3.63, 3.8) is 0 Å². The smallest absolute Gasteiger partial charge is 0.319 e. The lowest BCUT2D eigenvalue weighted by molar-refractivity contribution is -0.402. The average molecular weight is 1640 g/mol. The van der Waals surface area contributed by atoms with E-state index >= 15 is 0 Å². The molecule has 4 saturated heterocycles. The van der Waals surface area contributed by atoms with Gasteiger partial charge >= 0.3 is 5.69 Å². The Labute approximate surface area is 680 Å². The molecule has 6 aliphatic rings. The van der Waals surface area contributed by atoms with Crippen LogP contribution in [0.4, 0.5) is 34.1 Å². The second-order valence-corrected chi connectivity index (χ2v) is 30.6. The van der Waals surface area contributed by atoms with Crippen LogP contribution >= 0.6 is 0 Å². The number of nitro groups is 4. The van der Waals surface area contributed by atoms with Crippen molar-refractivity contribution < 1.29 is 63.5 Å². The van der Waals surface area contributed by atoms with Crippen LogP contribution in [-0.2, 0) is 65.7 Å². The van der Waals surface area contributed by atoms with Gasteiger partial charge in [0.25, 0.3) is 17.1 Å². The number of amides is 7. The van der Waals surface area contributed by atoms with Crippen molar-refractivity contribution in [2.45, 2.75) is 141 Å². The van der Waals surface area contributed by atoms with Crippen LogP contribution in [0.1, 0.15) is 97.0 Å². The number of pyridine rings is 6. The third-order valence-electron chi connectivity index (χ3n) is 22.9. The molecule has 0 spiro atoms. The summed E-state index contributed by atoms with van der Waals surface area (Å²) in [7, 11) is 1.58. The summed E-state index contributed by atoms with van der Waals surface area (Å²) in [4.78, 5) is 165. The first kappa shape index (κ1) is 81.5. The van der Waals surface area contributed by atoms with Crippen molar-refractivity contribution in [2.75, 3.05) is 56.9 Å². The van der Waals surface area contributed by atoms with Gasteiger partial charge in [0.1, 0.15) is 30.2 Å². The average Bonchev–Trinajstić information content (AvgIpc) is 0.732. The maximum atomic E-state index is 13.5. The molecule has 8 atom stereocenters. The molecule has 6 aromatic heterocycles. The number of rotatable bonds is 19. The largest absolute Gasteiger partial charge is 0.866 e. The molecule has 2 aliphatic carbocycles. The molecule has 12 N–H and O–H groups in total. The van der Waals surface area contributed by atoms with Crippen molar-refractivity contribution in [3.05, 3.63) is 170 Å². The molecule has 620 valence electrons. The minimum Gasteiger partial charge on any atom is -0.866 e. The molecule has 40 nitrogen and oxygen atoms in total. The van der Waals surface area contributed by atoms with Gasteiger partial charge in [0.15, 0.2) is 11.3 Å². The standard InChI is InChI=1S/C43H41N11O8.C37H42N12O9/c1-20-29-16-24-4-5-25-17-30-34(53(59)60)18-35(54(61)62)39(56)38(30)50-36(25)37(24)51-40(29)44-19-31(20)32-10-12-52-13-11-33(49-43(52)48-32)42(58)45-21(2)41(57)47-28-9-7-23-6-8-27(46-22(3)55)14-26(23)15-28;1-17-21(14-28(50)39-8-9-40-34(52)18(2)42-36(54)25-7-11-47-10-6-24(35(53)38-3)43-37(47)44-25)16-41-33-22(17)12-19-4-5-20-13-23-26(48(55)56)15-27(49(57)58)32(51)31(23)45-29(20)30(19)46-33/h6-9,14-19,21,32-33,43,48-49,56H,4-5,10-13H2,1-3H3,(H,45,58)(H,46,55)(H,47,57);12-13,15-16,18,24-25,37,43-44,51H,4-11,14H2,1-3H3,(H,38,53)(H,39,50)(H,40,52)(H,42,54)/p-1. The normalized spacial score (nSPS) is 19.1. The summed E-state index contributed by atoms with van der Waals surface area (Å²) < 4.78 is 0. The van der Waals surface area contributed by atoms with Crippen LogP contribution in [0.3, 0.4) is 0 Å². The number of benzene rings is 4. The Morgan fingerprint density at radius 3 is 1.52 bits per heavy atom. The monoisotopic (exact) mass is 1640 g/mol. The minimum atomic E-state index is -1.03. The third-order valence-corrected chi connectivity index (χ3v) is 22.9. The quantitative estimate of drug-likeness (QED) is 0.0301. The number of hydrogen-bond acceptors (Lipinski definition) is 29. The van der Waals surface area contributed by atoms with Crippen LogP contribution in [0.25, 0.3) is 77.4 Å². The summed E-state index contributed by atoms with van der Waals surface area (Å²) >= 11 is 0. The number of nitrogens with zero attached hydrogens (tertiary/aromatic N) is 12. The molecule has 4 aliphatic heterocycles. The van der Waals surface area contributed by atoms with Gasteiger partial charge in [-0.3, -0.25) is 105 Å². The summed E-state index contributed by atoms with van der Waals surface area (Å²) in [6, 6.07) is 16.1. The Morgan fingerprint density at radius 1 is 0.525 bits per heavy atom. The highest BCUT2D eigenvalue weighted by Crippen LogP contribution is 2.46. The van der Waals surface area contributed by atoms with E-state index in [1.807, 2.05) is 56.3 Å². The van der Waals surface area contributed by atoms with E-state index in [2.05, 4.69) is 83.2 Å². The molecule has 16 rings (SSSR count). The van der Waals surface area contributed by atoms with Gasteiger partial charge in [-0.15, -0.1) is 0 Å². The summed E-state index contributed by atoms with van der Waals surface area (Å²) in [6.07, 6.45) is 7.16. The second-order valence-electron chi connectivity index (χ2n) is 30.6. The SMILES string of the molecule is CC(=O)Nc1ccc2ccc(NC(=O)C(C)NC(=O)C3CCN4CCC(c5cnc6nc7c(cc6c5C)CCc5cc6c([N+](=O)[O-])cc([N+](=O)[O-])c(O)c6nc5-7)NC4N3)cc2c1.CNC(=O)C1CCN2CCC(C(=O)NC(C)C(=O)NCCNC(=O)Cc3cnc4nc5c(cc4c3C)CCc3cc4c([N+](=O)[O-])cc([N+](=O)[O-])c([O-])c4nc3-5)NC2N1. The van der Waals surface area contributed by atoms with Gasteiger partial charge < -0.3 is 47.4 Å². The molecule has 10 aromatic rings. The number of carbonyl (C=O) groups excluding carboxylic acids is 7. The first-order chi connectivity index (χ1) is 57.4. The van der Waals surface area contributed by atoms with Gasteiger partial charge in [-0.05, 0) is 189 Å². The summed E-state index contributed by atoms with van der Waals surface area (Å²) in [5.41, 5.74) is 6.38. The van der Waals surface area contributed by atoms with Crippen molar-refractivity contribution in [3.8, 4) is 34.3 Å². The molecule has 120 heavy (non-hydrogen) atoms. The Hall–Kier alpha value is -13.7. The maximum absolute atomic E-state index is 13.5. The number of nitro benzene ring substituents is 4. The molecular weight excluding hydrogens is 1560 g/mol. The van der Waals surface area contributed by atoms with Gasteiger partial charge in [0.05, 0.1) is 95.4 Å². The number of aromatic hydroxyl groups is 1. The highest BCUT2D eigenvalue weighted by molar-refractivity contribution is 6.03. The van der Waals surface area contributed by atoms with Gasteiger partial charge in [-0.2, -0.15) is 0 Å². The summed E-state index contributed by atoms with van der Waals surface area (Å²) in [5.74, 6) is -3.78. The number of hydrogen-bond donors (Lipinski definition) is 12. The topological polar surface area (TPSA) is 551 Å². The summed E-state index contributed by atoms with van der Waals surface area (Å²) in [5, 5.41) is 107. The number of likely N-dealkylation sites (N-methyl/N-ethyl adjacent to an activating group) is 1. The van der Waals surface area contributed by atoms with E-state index in [9.17, 15) is 84.2 Å². The highest BCUT2D eigenvalue weighted by Gasteiger charge is 2.41. The Kier molecular flexibility index (Phi) is 22.7. The van der Waals surface area contributed by atoms with Gasteiger partial charge in [-0.25, -0.2) is 29.9 Å². The number of nitrogens with one attached hydrogen (secondary N) is 11. The number of non-ortho nitro benzene ring substituents is 2. The van der Waals surface area contributed by atoms with Crippen LogP contribution in [0.15, 0.2) is 85.2 Å². The number of anilines is 2. The Bertz CT molecular complexity index is 6030. The van der Waals surface area contributed by atoms with Crippen LogP contribution < -0.4 is 63.6 Å². The van der Waals surface area contributed by atoms with E-state index < -0.39 is 84.0 Å². The van der Waals surface area contributed by atoms with Crippen LogP contribution in [0.2, 0.25) is 0 Å². The van der Waals surface area contributed by atoms with E-state index in [0.717, 1.165) is 63.0 Å². The number of aryl methyl sites for hydroxylation is 6. The third kappa shape index (κ3) is 16.3. The number of phenols is 1. The zero-order valence-corrected chi connectivity index (χ0v) is 65.7. The predicted molar refractivity (Wildman–Crippen MR) is 434 cm³/mol. The molecule has 0 radical (unpaired) electrons. The predicted octanol–water partition coefficient (Wildman–Crippen LogP) is 4.49. The number of fused-ring (bicyclic) bond motifs is 13. The van der Waals surface area contributed by atoms with E-state index in [0.29, 0.717) is 138 Å². The fourth-order valence-electron chi connectivity index (χ4n) is 16.5. The minimum absolute atomic E-state index is 0.00197. The number of aromatic nitrogens is 6. The Balaban J connectivity index is 0.000000188. The molecule has 0 saturated carbocycles. The van der Waals surface area contributed by atoms with E-state index in [-0.39, 0.29) is 101 Å². The molecule has 4 fully saturated rings. The number of carbonyl (C=O) groups is 7. The first-order valence-electron chi connectivity index (χ1n) is 39.0. The van der Waals surface area contributed by atoms with Crippen molar-refractivity contribution in [1.29, 1.82) is 0 Å². The van der Waals surface area contributed by atoms with Crippen molar-refractivity contribution in [2.24, 2.45) is 0 Å². The zero-order chi connectivity index (χ0) is 85.0. The fraction of sp³-hybridized carbons (Fsp3) is 0.362. The lowest BCUT2D eigenvalue weighted by Crippen LogP contribution is -2.71. The van der Waals surface area contributed by atoms with E-state index in [1.54, 1.807) is 39.2 Å². The molecule has 8 unspecified atom stereocenters. The summed E-state index contributed by atoms with van der Waals surface area (Å²) in [6.45, 7) is 11.6. The van der Waals surface area contributed by atoms with Gasteiger partial charge in [-0.1, -0.05) is 12.1 Å². The zero-order valence-electron chi connectivity index (χ0n) is 65.7. The molecule has 7 amide bonds. The highest BCUT2D eigenvalue weighted by atomic mass is 16.6. The molecule has 4 aromatic carbocycles. The first-order valence-corrected chi connectivity index (χ1v) is 39.0. The van der Waals surface area contributed by atoms with E-state index in [1.165, 1.54) is 19.2 Å². The van der Waals surface area contributed by atoms with Crippen molar-refractivity contribution >= 4 is 130 Å². The van der Waals surface area contributed by atoms with Gasteiger partial charge in [0, 0.05) is 93.8 Å². The molecule has 40 heteroatoms. The maximum Gasteiger partial charge on any atom is 0.319 e. The van der Waals surface area contributed by atoms with Crippen LogP contribution in [0, 0.1) is 54.3 Å². The van der Waals surface area contributed by atoms with Crippen molar-refractivity contribution in [1.82, 2.24) is 87.6 Å². The Morgan fingerprint density at radius 2 is 0.983 bits per heavy atom. The lowest BCUT2D eigenvalue weighted by Gasteiger charge is -2.46. The second kappa shape index (κ2) is 33.4. The lowest BCUT2D eigenvalue weighted by atomic mass is 9.89. The fourth-order valence-corrected chi connectivity index (χ4v) is 16.5. The molecular formula is C80H82N23O17-.